The maximum absolute atomic E-state index is 12.9. The van der Waals surface area contributed by atoms with Crippen molar-refractivity contribution >= 4 is 53.7 Å². The van der Waals surface area contributed by atoms with Crippen molar-refractivity contribution in [2.45, 2.75) is 58.5 Å². The fraction of sp³-hybridized carbons (Fsp3) is 0.583. The van der Waals surface area contributed by atoms with Crippen molar-refractivity contribution in [2.75, 3.05) is 18.1 Å². The Labute approximate surface area is 212 Å². The number of carbonyl (C=O) groups is 1. The van der Waals surface area contributed by atoms with Crippen LogP contribution >= 0.6 is 23.4 Å². The topological polar surface area (TPSA) is 68.1 Å². The first-order valence-electron chi connectivity index (χ1n) is 11.1. The van der Waals surface area contributed by atoms with Crippen molar-refractivity contribution in [1.82, 2.24) is 0 Å². The maximum atomic E-state index is 12.9. The molecule has 3 atom stereocenters. The number of hydrogen-bond donors (Lipinski definition) is 1. The van der Waals surface area contributed by atoms with Gasteiger partial charge in [-0.3, -0.25) is 4.79 Å². The molecule has 5 nitrogen and oxygen atoms in total. The second-order valence-corrected chi connectivity index (χ2v) is 9.94. The molecule has 0 aromatic heterocycles. The Hall–Kier alpha value is -1.06. The molecule has 0 bridgehead atoms. The van der Waals surface area contributed by atoms with E-state index in [1.165, 1.54) is 12.2 Å². The molecule has 1 heterocycles. The number of ether oxygens (including phenoxy) is 1. The predicted octanol–water partition coefficient (Wildman–Crippen LogP) is 5.83. The fourth-order valence-corrected chi connectivity index (χ4v) is 5.58. The average molecular weight is 473 g/mol. The van der Waals surface area contributed by atoms with E-state index in [1.54, 1.807) is 24.3 Å². The second kappa shape index (κ2) is 13.6. The molecule has 1 radical (unpaired) electrons. The summed E-state index contributed by atoms with van der Waals surface area (Å²) >= 11 is 7.85. The molecule has 32 heavy (non-hydrogen) atoms. The zero-order valence-corrected chi connectivity index (χ0v) is 20.9. The maximum Gasteiger partial charge on any atom is 0.168 e. The molecule has 3 rings (SSSR count). The van der Waals surface area contributed by atoms with E-state index in [0.29, 0.717) is 47.2 Å². The Morgan fingerprint density at radius 3 is 2.66 bits per heavy atom. The van der Waals surface area contributed by atoms with E-state index >= 15 is 0 Å². The Balaban J connectivity index is 0.00000363. The van der Waals surface area contributed by atoms with E-state index in [0.717, 1.165) is 18.6 Å². The van der Waals surface area contributed by atoms with Crippen molar-refractivity contribution in [1.29, 1.82) is 0 Å². The van der Waals surface area contributed by atoms with Gasteiger partial charge in [0.2, 0.25) is 0 Å². The minimum atomic E-state index is -0.231. The molecule has 3 unspecified atom stereocenters. The van der Waals surface area contributed by atoms with Gasteiger partial charge in [-0.05, 0) is 73.8 Å². The molecule has 1 saturated heterocycles. The van der Waals surface area contributed by atoms with Crippen LogP contribution in [-0.2, 0) is 9.63 Å². The molecular formula is C24H32ClLiNO4S. The van der Waals surface area contributed by atoms with Gasteiger partial charge < -0.3 is 14.7 Å². The largest absolute Gasteiger partial charge is 0.511 e. The van der Waals surface area contributed by atoms with Crippen molar-refractivity contribution in [3.05, 3.63) is 40.6 Å². The normalized spacial score (nSPS) is 22.8. The first-order valence-corrected chi connectivity index (χ1v) is 12.7. The van der Waals surface area contributed by atoms with E-state index in [4.69, 9.17) is 21.2 Å². The van der Waals surface area contributed by atoms with Crippen LogP contribution < -0.4 is 4.74 Å². The van der Waals surface area contributed by atoms with Crippen LogP contribution in [0.5, 0.6) is 5.75 Å². The quantitative estimate of drug-likeness (QED) is 0.278. The van der Waals surface area contributed by atoms with Crippen LogP contribution in [0, 0.1) is 11.8 Å². The fourth-order valence-electron chi connectivity index (χ4n) is 4.17. The van der Waals surface area contributed by atoms with Crippen molar-refractivity contribution in [2.24, 2.45) is 17.0 Å². The number of aliphatic hydroxyl groups is 1. The first-order chi connectivity index (χ1) is 15.0. The summed E-state index contributed by atoms with van der Waals surface area (Å²) in [5.41, 5.74) is 0.910. The van der Waals surface area contributed by atoms with Crippen LogP contribution in [0.3, 0.4) is 0 Å². The molecule has 1 aliphatic heterocycles. The van der Waals surface area contributed by atoms with Crippen molar-refractivity contribution in [3.8, 4) is 5.75 Å². The van der Waals surface area contributed by atoms with Crippen molar-refractivity contribution in [3.63, 3.8) is 0 Å². The number of aliphatic hydroxyl groups excluding tert-OH is 1. The standard InChI is InChI=1S/C24H32ClNO4S.Li/c1-3-5-21(26-29-14-16(2)30-20-9-7-19(25)8-10-20)24-22(27)12-18(13-23(24)28)17-6-4-11-31-15-17;/h7-10,16-18,27H,3-6,11-15H2,1-2H3;. The molecule has 1 aromatic carbocycles. The molecule has 0 saturated carbocycles. The molecule has 2 aliphatic rings. The van der Waals surface area contributed by atoms with Crippen LogP contribution in [0.15, 0.2) is 40.8 Å². The van der Waals surface area contributed by atoms with E-state index in [9.17, 15) is 9.90 Å². The van der Waals surface area contributed by atoms with Gasteiger partial charge in [-0.15, -0.1) is 0 Å². The Morgan fingerprint density at radius 1 is 1.28 bits per heavy atom. The van der Waals surface area contributed by atoms with Crippen LogP contribution in [0.4, 0.5) is 0 Å². The zero-order valence-electron chi connectivity index (χ0n) is 19.3. The number of rotatable bonds is 9. The molecular weight excluding hydrogens is 441 g/mol. The second-order valence-electron chi connectivity index (χ2n) is 8.36. The minimum Gasteiger partial charge on any atom is -0.511 e. The molecule has 0 amide bonds. The number of halogens is 1. The Morgan fingerprint density at radius 2 is 2.03 bits per heavy atom. The summed E-state index contributed by atoms with van der Waals surface area (Å²) in [5.74, 6) is 3.91. The summed E-state index contributed by atoms with van der Waals surface area (Å²) in [4.78, 5) is 18.5. The number of thioether (sulfide) groups is 1. The Kier molecular flexibility index (Phi) is 11.6. The first kappa shape index (κ1) is 27.2. The molecule has 8 heteroatoms. The van der Waals surface area contributed by atoms with Gasteiger partial charge in [0.1, 0.15) is 17.6 Å². The van der Waals surface area contributed by atoms with E-state index in [1.807, 2.05) is 25.6 Å². The minimum absolute atomic E-state index is 0. The Bertz CT molecular complexity index is 809. The zero-order chi connectivity index (χ0) is 22.2. The van der Waals surface area contributed by atoms with Gasteiger partial charge in [0, 0.05) is 36.7 Å². The summed E-state index contributed by atoms with van der Waals surface area (Å²) in [5, 5.41) is 15.6. The third kappa shape index (κ3) is 7.76. The van der Waals surface area contributed by atoms with Gasteiger partial charge in [0.15, 0.2) is 12.4 Å². The number of benzene rings is 1. The van der Waals surface area contributed by atoms with Crippen LogP contribution in [0.25, 0.3) is 0 Å². The van der Waals surface area contributed by atoms with Crippen LogP contribution in [0.1, 0.15) is 52.4 Å². The molecule has 171 valence electrons. The molecule has 1 aliphatic carbocycles. The van der Waals surface area contributed by atoms with Gasteiger partial charge in [-0.2, -0.15) is 11.8 Å². The van der Waals surface area contributed by atoms with E-state index in [2.05, 4.69) is 5.16 Å². The predicted molar refractivity (Wildman–Crippen MR) is 133 cm³/mol. The van der Waals surface area contributed by atoms with E-state index in [-0.39, 0.29) is 49.0 Å². The number of oxime groups is 1. The number of nitrogens with zero attached hydrogens (tertiary/aromatic N) is 1. The number of hydrogen-bond acceptors (Lipinski definition) is 6. The van der Waals surface area contributed by atoms with Gasteiger partial charge in [0.25, 0.3) is 0 Å². The number of Topliss-reactive ketones (excluding diaryl/α,β-unsaturated/α-hetero) is 1. The van der Waals surface area contributed by atoms with Gasteiger partial charge >= 0.3 is 0 Å². The number of allylic oxidation sites excluding steroid dienone is 2. The van der Waals surface area contributed by atoms with Crippen LogP contribution in [0.2, 0.25) is 5.02 Å². The van der Waals surface area contributed by atoms with E-state index < -0.39 is 0 Å². The number of carbonyl (C=O) groups excluding carboxylic acids is 1. The third-order valence-electron chi connectivity index (χ3n) is 5.74. The summed E-state index contributed by atoms with van der Waals surface area (Å²) in [6.45, 7) is 4.15. The summed E-state index contributed by atoms with van der Waals surface area (Å²) in [6.07, 6.45) is 4.56. The monoisotopic (exact) mass is 472 g/mol. The smallest absolute Gasteiger partial charge is 0.168 e. The van der Waals surface area contributed by atoms with Gasteiger partial charge in [0.05, 0.1) is 11.3 Å². The molecule has 1 N–H and O–H groups in total. The summed E-state index contributed by atoms with van der Waals surface area (Å²) in [7, 11) is 0. The van der Waals surface area contributed by atoms with Crippen LogP contribution in [-0.4, -0.2) is 59.7 Å². The van der Waals surface area contributed by atoms with Gasteiger partial charge in [-0.1, -0.05) is 30.1 Å². The summed E-state index contributed by atoms with van der Waals surface area (Å²) in [6, 6.07) is 7.14. The molecule has 1 fully saturated rings. The average Bonchev–Trinajstić information content (AvgIpc) is 2.75. The number of ketones is 1. The van der Waals surface area contributed by atoms with Gasteiger partial charge in [-0.25, -0.2) is 0 Å². The molecule has 1 aromatic rings. The SMILES string of the molecule is CCCC(=NOCC(C)Oc1ccc(Cl)cc1)C1=C(O)CC(C2CCCSC2)CC1=O.[Li]. The van der Waals surface area contributed by atoms with Crippen molar-refractivity contribution < 1.29 is 19.5 Å². The summed E-state index contributed by atoms with van der Waals surface area (Å²) < 4.78 is 5.80. The third-order valence-corrected chi connectivity index (χ3v) is 7.24. The molecule has 0 spiro atoms.